The molecular formula is C29H33Cl2N3O7S. The fourth-order valence-electron chi connectivity index (χ4n) is 5.28. The highest BCUT2D eigenvalue weighted by Gasteiger charge is 2.57. The zero-order chi connectivity index (χ0) is 30.7. The molecule has 1 saturated heterocycles. The highest BCUT2D eigenvalue weighted by molar-refractivity contribution is 7.92. The van der Waals surface area contributed by atoms with Gasteiger partial charge in [0.25, 0.3) is 5.91 Å². The van der Waals surface area contributed by atoms with Crippen molar-refractivity contribution in [3.05, 3.63) is 64.1 Å². The summed E-state index contributed by atoms with van der Waals surface area (Å²) in [6, 6.07) is 10.5. The number of methoxy groups -OCH3 is 1. The Morgan fingerprint density at radius 2 is 1.74 bits per heavy atom. The molecule has 3 atom stereocenters. The first kappa shape index (κ1) is 31.9. The molecule has 3 unspecified atom stereocenters. The number of nitrogens with zero attached hydrogens (tertiary/aromatic N) is 1. The van der Waals surface area contributed by atoms with E-state index < -0.39 is 50.2 Å². The molecule has 2 aliphatic rings. The molecule has 1 aliphatic carbocycles. The number of likely N-dealkylation sites (tertiary alicyclic amines) is 1. The standard InChI is InChI=1S/C29H33Cl2N3O7S/c1-3-22(25(35)27(37)32-14-15-41-2)33-26(36)23-16-20(42(39,40)24-7-5-4-6-21(24)31)17-34(23)28(38)29(12-13-29)18-8-10-19(30)11-9-18/h4-11,20,22-23H,3,12-17H2,1-2H3,(H,32,37)(H,33,36). The first-order chi connectivity index (χ1) is 20.0. The molecule has 226 valence electrons. The van der Waals surface area contributed by atoms with Crippen LogP contribution in [-0.2, 0) is 39.2 Å². The van der Waals surface area contributed by atoms with E-state index in [0.717, 1.165) is 5.56 Å². The summed E-state index contributed by atoms with van der Waals surface area (Å²) in [5.74, 6) is -2.81. The van der Waals surface area contributed by atoms with E-state index in [4.69, 9.17) is 27.9 Å². The number of benzene rings is 2. The number of amides is 3. The number of carbonyl (C=O) groups is 4. The summed E-state index contributed by atoms with van der Waals surface area (Å²) in [6.45, 7) is 1.72. The number of ether oxygens (including phenoxy) is 1. The maximum atomic E-state index is 14.1. The van der Waals surface area contributed by atoms with E-state index in [0.29, 0.717) is 17.9 Å². The molecule has 1 aliphatic heterocycles. The van der Waals surface area contributed by atoms with Crippen LogP contribution in [0.2, 0.25) is 10.0 Å². The van der Waals surface area contributed by atoms with Crippen molar-refractivity contribution in [2.75, 3.05) is 26.8 Å². The van der Waals surface area contributed by atoms with E-state index in [1.54, 1.807) is 43.3 Å². The Kier molecular flexibility index (Phi) is 9.97. The molecule has 10 nitrogen and oxygen atoms in total. The lowest BCUT2D eigenvalue weighted by atomic mass is 9.94. The van der Waals surface area contributed by atoms with Crippen LogP contribution in [0.25, 0.3) is 0 Å². The van der Waals surface area contributed by atoms with Crippen LogP contribution in [0.4, 0.5) is 0 Å². The topological polar surface area (TPSA) is 139 Å². The molecule has 0 bridgehead atoms. The maximum absolute atomic E-state index is 14.1. The molecule has 1 saturated carbocycles. The number of carbonyl (C=O) groups excluding carboxylic acids is 4. The van der Waals surface area contributed by atoms with E-state index in [-0.39, 0.29) is 48.4 Å². The molecule has 2 N–H and O–H groups in total. The lowest BCUT2D eigenvalue weighted by Crippen LogP contribution is -2.54. The molecule has 1 heterocycles. The molecule has 13 heteroatoms. The van der Waals surface area contributed by atoms with Gasteiger partial charge in [0.15, 0.2) is 9.84 Å². The Morgan fingerprint density at radius 3 is 2.33 bits per heavy atom. The number of hydrogen-bond acceptors (Lipinski definition) is 7. The minimum atomic E-state index is -4.04. The predicted octanol–water partition coefficient (Wildman–Crippen LogP) is 2.69. The van der Waals surface area contributed by atoms with Gasteiger partial charge in [0, 0.05) is 25.2 Å². The average Bonchev–Trinajstić information content (AvgIpc) is 3.65. The van der Waals surface area contributed by atoms with Gasteiger partial charge in [-0.05, 0) is 55.5 Å². The molecule has 2 fully saturated rings. The van der Waals surface area contributed by atoms with Crippen molar-refractivity contribution in [2.24, 2.45) is 0 Å². The zero-order valence-electron chi connectivity index (χ0n) is 23.3. The van der Waals surface area contributed by atoms with Gasteiger partial charge in [0.1, 0.15) is 6.04 Å². The van der Waals surface area contributed by atoms with Crippen LogP contribution < -0.4 is 10.6 Å². The molecule has 0 aromatic heterocycles. The minimum absolute atomic E-state index is 0.0410. The van der Waals surface area contributed by atoms with Gasteiger partial charge in [-0.25, -0.2) is 8.42 Å². The fourth-order valence-corrected chi connectivity index (χ4v) is 7.62. The van der Waals surface area contributed by atoms with Crippen molar-refractivity contribution < 1.29 is 32.3 Å². The molecule has 0 spiro atoms. The van der Waals surface area contributed by atoms with Crippen molar-refractivity contribution in [2.45, 2.75) is 60.3 Å². The van der Waals surface area contributed by atoms with Crippen LogP contribution in [0.3, 0.4) is 0 Å². The Hall–Kier alpha value is -2.99. The maximum Gasteiger partial charge on any atom is 0.289 e. The summed E-state index contributed by atoms with van der Waals surface area (Å²) in [7, 11) is -2.59. The van der Waals surface area contributed by atoms with Crippen LogP contribution in [0.1, 0.15) is 38.2 Å². The second-order valence-corrected chi connectivity index (χ2v) is 13.5. The molecule has 2 aromatic rings. The quantitative estimate of drug-likeness (QED) is 0.269. The summed E-state index contributed by atoms with van der Waals surface area (Å²) in [5.41, 5.74) is -0.185. The number of sulfone groups is 1. The smallest absolute Gasteiger partial charge is 0.289 e. The summed E-state index contributed by atoms with van der Waals surface area (Å²) >= 11 is 12.3. The Balaban J connectivity index is 1.62. The van der Waals surface area contributed by atoms with Crippen LogP contribution in [-0.4, -0.2) is 81.0 Å². The van der Waals surface area contributed by atoms with Gasteiger partial charge in [0.2, 0.25) is 17.6 Å². The number of Topliss-reactive ketones (excluding diaryl/α,β-unsaturated/α-hetero) is 1. The van der Waals surface area contributed by atoms with Crippen LogP contribution in [0.15, 0.2) is 53.4 Å². The van der Waals surface area contributed by atoms with Crippen molar-refractivity contribution >= 4 is 56.5 Å². The Labute approximate surface area is 255 Å². The van der Waals surface area contributed by atoms with Gasteiger partial charge in [-0.15, -0.1) is 0 Å². The number of halogens is 2. The van der Waals surface area contributed by atoms with E-state index in [1.807, 2.05) is 0 Å². The molecule has 2 aromatic carbocycles. The third kappa shape index (κ3) is 6.49. The van der Waals surface area contributed by atoms with Crippen LogP contribution in [0, 0.1) is 0 Å². The lowest BCUT2D eigenvalue weighted by molar-refractivity contribution is -0.143. The van der Waals surface area contributed by atoms with E-state index in [2.05, 4.69) is 10.6 Å². The van der Waals surface area contributed by atoms with Gasteiger partial charge in [-0.1, -0.05) is 54.4 Å². The summed E-state index contributed by atoms with van der Waals surface area (Å²) in [4.78, 5) is 54.1. The van der Waals surface area contributed by atoms with Crippen LogP contribution >= 0.6 is 23.2 Å². The number of hydrogen-bond donors (Lipinski definition) is 2. The van der Waals surface area contributed by atoms with E-state index in [9.17, 15) is 27.6 Å². The average molecular weight is 639 g/mol. The van der Waals surface area contributed by atoms with Gasteiger partial charge < -0.3 is 20.3 Å². The molecule has 42 heavy (non-hydrogen) atoms. The largest absolute Gasteiger partial charge is 0.383 e. The van der Waals surface area contributed by atoms with E-state index in [1.165, 1.54) is 24.1 Å². The van der Waals surface area contributed by atoms with Gasteiger partial charge in [-0.2, -0.15) is 0 Å². The monoisotopic (exact) mass is 637 g/mol. The second kappa shape index (κ2) is 13.1. The normalized spacial score (nSPS) is 20.0. The molecular weight excluding hydrogens is 605 g/mol. The Morgan fingerprint density at radius 1 is 1.07 bits per heavy atom. The van der Waals surface area contributed by atoms with Gasteiger partial charge in [-0.3, -0.25) is 19.2 Å². The minimum Gasteiger partial charge on any atom is -0.383 e. The first-order valence-electron chi connectivity index (χ1n) is 13.6. The lowest BCUT2D eigenvalue weighted by Gasteiger charge is -2.29. The number of nitrogens with one attached hydrogen (secondary N) is 2. The Bertz CT molecular complexity index is 1460. The highest BCUT2D eigenvalue weighted by Crippen LogP contribution is 2.51. The van der Waals surface area contributed by atoms with Crippen molar-refractivity contribution in [1.29, 1.82) is 0 Å². The SMILES string of the molecule is CCC(NC(=O)C1CC(S(=O)(=O)c2ccccc2Cl)CN1C(=O)C1(c2ccc(Cl)cc2)CC1)C(=O)C(=O)NCCOC. The van der Waals surface area contributed by atoms with E-state index >= 15 is 0 Å². The first-order valence-corrected chi connectivity index (χ1v) is 15.9. The third-order valence-corrected chi connectivity index (χ3v) is 10.7. The molecule has 3 amide bonds. The van der Waals surface area contributed by atoms with Crippen molar-refractivity contribution in [3.8, 4) is 0 Å². The van der Waals surface area contributed by atoms with Crippen LogP contribution in [0.5, 0.6) is 0 Å². The third-order valence-electron chi connectivity index (χ3n) is 7.82. The fraction of sp³-hybridized carbons (Fsp3) is 0.448. The van der Waals surface area contributed by atoms with Gasteiger partial charge >= 0.3 is 0 Å². The van der Waals surface area contributed by atoms with Crippen molar-refractivity contribution in [3.63, 3.8) is 0 Å². The highest BCUT2D eigenvalue weighted by atomic mass is 35.5. The summed E-state index contributed by atoms with van der Waals surface area (Å²) in [6.07, 6.45) is 0.960. The predicted molar refractivity (Wildman–Crippen MR) is 157 cm³/mol. The number of rotatable bonds is 12. The summed E-state index contributed by atoms with van der Waals surface area (Å²) < 4.78 is 32.2. The zero-order valence-corrected chi connectivity index (χ0v) is 25.6. The molecule has 4 rings (SSSR count). The van der Waals surface area contributed by atoms with Crippen molar-refractivity contribution in [1.82, 2.24) is 15.5 Å². The molecule has 0 radical (unpaired) electrons. The number of ketones is 1. The van der Waals surface area contributed by atoms with Gasteiger partial charge in [0.05, 0.1) is 33.2 Å². The summed E-state index contributed by atoms with van der Waals surface area (Å²) in [5, 5.41) is 4.46. The second-order valence-electron chi connectivity index (χ2n) is 10.5.